The average Bonchev–Trinajstić information content (AvgIpc) is 3.26. The fourth-order valence-electron chi connectivity index (χ4n) is 2.72. The second-order valence-electron chi connectivity index (χ2n) is 5.93. The molecule has 0 aromatic carbocycles. The Labute approximate surface area is 149 Å². The van der Waals surface area contributed by atoms with Crippen LogP contribution >= 0.6 is 0 Å². The third kappa shape index (κ3) is 3.16. The van der Waals surface area contributed by atoms with Crippen molar-refractivity contribution in [3.63, 3.8) is 0 Å². The molecule has 1 N–H and O–H groups in total. The molecule has 0 saturated heterocycles. The monoisotopic (exact) mass is 347 g/mol. The van der Waals surface area contributed by atoms with E-state index in [-0.39, 0.29) is 5.91 Å². The van der Waals surface area contributed by atoms with Gasteiger partial charge in [0.1, 0.15) is 5.52 Å². The van der Waals surface area contributed by atoms with Crippen molar-refractivity contribution in [3.8, 4) is 0 Å². The Kier molecular flexibility index (Phi) is 4.14. The predicted molar refractivity (Wildman–Crippen MR) is 95.2 cm³/mol. The average molecular weight is 347 g/mol. The van der Waals surface area contributed by atoms with Crippen molar-refractivity contribution in [2.45, 2.75) is 13.1 Å². The van der Waals surface area contributed by atoms with Gasteiger partial charge < -0.3 is 9.88 Å². The van der Waals surface area contributed by atoms with Gasteiger partial charge in [0.05, 0.1) is 30.7 Å². The summed E-state index contributed by atoms with van der Waals surface area (Å²) in [5.74, 6) is -0.192. The van der Waals surface area contributed by atoms with Crippen LogP contribution in [0.25, 0.3) is 11.2 Å². The molecule has 0 unspecified atom stereocenters. The Balaban J connectivity index is 1.51. The van der Waals surface area contributed by atoms with Crippen LogP contribution in [0.2, 0.25) is 0 Å². The first kappa shape index (κ1) is 15.9. The summed E-state index contributed by atoms with van der Waals surface area (Å²) in [5, 5.41) is 6.95. The van der Waals surface area contributed by atoms with Crippen LogP contribution in [0, 0.1) is 0 Å². The number of aryl methyl sites for hydroxylation is 1. The molecule has 130 valence electrons. The molecule has 4 aromatic rings. The van der Waals surface area contributed by atoms with E-state index in [2.05, 4.69) is 25.4 Å². The molecule has 4 rings (SSSR count). The van der Waals surface area contributed by atoms with Gasteiger partial charge in [0.25, 0.3) is 5.91 Å². The number of aromatic nitrogens is 6. The van der Waals surface area contributed by atoms with Crippen molar-refractivity contribution >= 4 is 17.1 Å². The maximum Gasteiger partial charge on any atom is 0.253 e. The fourth-order valence-corrected chi connectivity index (χ4v) is 2.72. The van der Waals surface area contributed by atoms with Crippen LogP contribution in [0.15, 0.2) is 55.4 Å². The molecule has 4 heterocycles. The third-order valence-electron chi connectivity index (χ3n) is 4.15. The first-order valence-electron chi connectivity index (χ1n) is 8.15. The van der Waals surface area contributed by atoms with Crippen molar-refractivity contribution in [2.24, 2.45) is 7.05 Å². The molecule has 0 atom stereocenters. The van der Waals surface area contributed by atoms with Gasteiger partial charge in [-0.05, 0) is 23.8 Å². The highest BCUT2D eigenvalue weighted by Crippen LogP contribution is 2.14. The third-order valence-corrected chi connectivity index (χ3v) is 4.15. The van der Waals surface area contributed by atoms with Crippen LogP contribution in [-0.4, -0.2) is 35.2 Å². The molecule has 26 heavy (non-hydrogen) atoms. The van der Waals surface area contributed by atoms with Gasteiger partial charge in [-0.1, -0.05) is 6.07 Å². The summed E-state index contributed by atoms with van der Waals surface area (Å²) in [4.78, 5) is 25.3. The van der Waals surface area contributed by atoms with Gasteiger partial charge in [0, 0.05) is 31.8 Å². The zero-order chi connectivity index (χ0) is 17.9. The van der Waals surface area contributed by atoms with E-state index in [4.69, 9.17) is 0 Å². The van der Waals surface area contributed by atoms with E-state index < -0.39 is 0 Å². The lowest BCUT2D eigenvalue weighted by atomic mass is 10.2. The first-order valence-corrected chi connectivity index (χ1v) is 8.15. The summed E-state index contributed by atoms with van der Waals surface area (Å²) in [6, 6.07) is 7.51. The second-order valence-corrected chi connectivity index (χ2v) is 5.93. The first-order chi connectivity index (χ1) is 12.7. The molecule has 0 saturated carbocycles. The van der Waals surface area contributed by atoms with Crippen LogP contribution in [-0.2, 0) is 20.1 Å². The summed E-state index contributed by atoms with van der Waals surface area (Å²) < 4.78 is 3.66. The van der Waals surface area contributed by atoms with Crippen LogP contribution in [0.1, 0.15) is 21.6 Å². The predicted octanol–water partition coefficient (Wildman–Crippen LogP) is 1.54. The summed E-state index contributed by atoms with van der Waals surface area (Å²) in [6.45, 7) is 1.03. The topological polar surface area (TPSA) is 90.5 Å². The molecule has 8 heteroatoms. The van der Waals surface area contributed by atoms with Gasteiger partial charge in [-0.2, -0.15) is 5.10 Å². The number of amides is 1. The number of pyridine rings is 2. The molecule has 0 fully saturated rings. The Hall–Kier alpha value is -3.55. The number of nitrogens with one attached hydrogen (secondary N) is 1. The number of rotatable bonds is 5. The standard InChI is InChI=1S/C18H17N7O/c1-24-15(4-6-23-24)10-21-18(26)14-7-16-17(20-9-14)25(12-22-16)11-13-3-2-5-19-8-13/h2-9,12H,10-11H2,1H3,(H,21,26). The minimum atomic E-state index is -0.192. The lowest BCUT2D eigenvalue weighted by Crippen LogP contribution is -2.24. The van der Waals surface area contributed by atoms with Crippen LogP contribution in [0.3, 0.4) is 0 Å². The Bertz CT molecular complexity index is 1050. The van der Waals surface area contributed by atoms with Gasteiger partial charge in [0.2, 0.25) is 0 Å². The minimum Gasteiger partial charge on any atom is -0.346 e. The van der Waals surface area contributed by atoms with Crippen molar-refractivity contribution < 1.29 is 4.79 Å². The quantitative estimate of drug-likeness (QED) is 0.591. The van der Waals surface area contributed by atoms with Crippen molar-refractivity contribution in [1.29, 1.82) is 0 Å². The van der Waals surface area contributed by atoms with E-state index in [0.717, 1.165) is 16.9 Å². The van der Waals surface area contributed by atoms with Crippen molar-refractivity contribution in [1.82, 2.24) is 34.6 Å². The van der Waals surface area contributed by atoms with Gasteiger partial charge in [-0.25, -0.2) is 9.97 Å². The molecule has 0 radical (unpaired) electrons. The SMILES string of the molecule is Cn1nccc1CNC(=O)c1cnc2c(c1)ncn2Cc1cccnc1. The number of imidazole rings is 1. The second kappa shape index (κ2) is 6.75. The minimum absolute atomic E-state index is 0.192. The molecular weight excluding hydrogens is 330 g/mol. The zero-order valence-corrected chi connectivity index (χ0v) is 14.2. The van der Waals surface area contributed by atoms with Gasteiger partial charge in [0.15, 0.2) is 5.65 Å². The van der Waals surface area contributed by atoms with E-state index in [1.54, 1.807) is 35.7 Å². The summed E-state index contributed by atoms with van der Waals surface area (Å²) in [7, 11) is 1.84. The molecule has 1 amide bonds. The molecule has 4 aromatic heterocycles. The maximum atomic E-state index is 12.4. The smallest absolute Gasteiger partial charge is 0.253 e. The lowest BCUT2D eigenvalue weighted by Gasteiger charge is -2.06. The highest BCUT2D eigenvalue weighted by molar-refractivity contribution is 5.96. The lowest BCUT2D eigenvalue weighted by molar-refractivity contribution is 0.0950. The summed E-state index contributed by atoms with van der Waals surface area (Å²) in [5.41, 5.74) is 3.88. The Morgan fingerprint density at radius 3 is 2.88 bits per heavy atom. The molecule has 0 aliphatic rings. The van der Waals surface area contributed by atoms with E-state index in [0.29, 0.717) is 24.2 Å². The Morgan fingerprint density at radius 2 is 2.12 bits per heavy atom. The summed E-state index contributed by atoms with van der Waals surface area (Å²) >= 11 is 0. The van der Waals surface area contributed by atoms with Crippen LogP contribution in [0.5, 0.6) is 0 Å². The zero-order valence-electron chi connectivity index (χ0n) is 14.2. The van der Waals surface area contributed by atoms with E-state index in [1.807, 2.05) is 36.0 Å². The fraction of sp³-hybridized carbons (Fsp3) is 0.167. The number of carbonyl (C=O) groups excluding carboxylic acids is 1. The largest absolute Gasteiger partial charge is 0.346 e. The van der Waals surface area contributed by atoms with E-state index >= 15 is 0 Å². The van der Waals surface area contributed by atoms with Gasteiger partial charge in [-0.3, -0.25) is 14.5 Å². The number of nitrogens with zero attached hydrogens (tertiary/aromatic N) is 6. The normalized spacial score (nSPS) is 11.0. The molecule has 0 aliphatic heterocycles. The highest BCUT2D eigenvalue weighted by Gasteiger charge is 2.11. The van der Waals surface area contributed by atoms with E-state index in [9.17, 15) is 4.79 Å². The molecule has 8 nitrogen and oxygen atoms in total. The molecule has 0 bridgehead atoms. The van der Waals surface area contributed by atoms with Crippen molar-refractivity contribution in [3.05, 3.63) is 72.2 Å². The van der Waals surface area contributed by atoms with Crippen molar-refractivity contribution in [2.75, 3.05) is 0 Å². The number of hydrogen-bond donors (Lipinski definition) is 1. The van der Waals surface area contributed by atoms with Crippen LogP contribution in [0.4, 0.5) is 0 Å². The van der Waals surface area contributed by atoms with E-state index in [1.165, 1.54) is 0 Å². The van der Waals surface area contributed by atoms with Gasteiger partial charge >= 0.3 is 0 Å². The number of fused-ring (bicyclic) bond motifs is 1. The summed E-state index contributed by atoms with van der Waals surface area (Å²) in [6.07, 6.45) is 8.55. The van der Waals surface area contributed by atoms with Gasteiger partial charge in [-0.15, -0.1) is 0 Å². The molecule has 0 aliphatic carbocycles. The maximum absolute atomic E-state index is 12.4. The van der Waals surface area contributed by atoms with Crippen LogP contribution < -0.4 is 5.32 Å². The number of carbonyl (C=O) groups is 1. The number of hydrogen-bond acceptors (Lipinski definition) is 5. The highest BCUT2D eigenvalue weighted by atomic mass is 16.1. The Morgan fingerprint density at radius 1 is 1.19 bits per heavy atom. The molecule has 0 spiro atoms. The molecular formula is C18H17N7O.